The van der Waals surface area contributed by atoms with Gasteiger partial charge in [0.2, 0.25) is 47.3 Å². The number of carboxylic acid groups (broad SMARTS) is 2. The Kier molecular flexibility index (Phi) is 28.2. The van der Waals surface area contributed by atoms with Crippen molar-refractivity contribution in [3.8, 4) is 0 Å². The zero-order chi connectivity index (χ0) is 51.3. The van der Waals surface area contributed by atoms with Crippen molar-refractivity contribution >= 4 is 76.9 Å². The fourth-order valence-corrected chi connectivity index (χ4v) is 6.84. The van der Waals surface area contributed by atoms with Gasteiger partial charge in [0.1, 0.15) is 42.3 Å². The molecule has 1 aromatic carbocycles. The van der Waals surface area contributed by atoms with Crippen LogP contribution in [0.5, 0.6) is 0 Å². The lowest BCUT2D eigenvalue weighted by Crippen LogP contribution is -2.60. The monoisotopic (exact) mass is 979 g/mol. The second kappa shape index (κ2) is 32.2. The number of guanidine groups is 1. The first-order chi connectivity index (χ1) is 32.1. The van der Waals surface area contributed by atoms with Crippen LogP contribution in [-0.2, 0) is 47.9 Å². The Morgan fingerprint density at radius 1 is 0.647 bits per heavy atom. The molecule has 0 fully saturated rings. The van der Waals surface area contributed by atoms with Crippen molar-refractivity contribution in [1.82, 2.24) is 37.2 Å². The number of nitrogens with one attached hydrogen (secondary N) is 7. The molecule has 1 aromatic rings. The minimum Gasteiger partial charge on any atom is -0.481 e. The van der Waals surface area contributed by atoms with Crippen molar-refractivity contribution < 1.29 is 58.2 Å². The standard InChI is InChI=1S/C42H69N13O12S/c1-23(2)20-29(35(60)49-22-32(57)50-28(41(66)67)13-9-18-48-42(46)47)54-37(62)26(14-15-31(44)56)51-38(63)27(16-19-68-3)52-39(64)30(21-33(58)59)55-36(61)25(12-7-8-17-43)53-40(65)34(45)24-10-5-4-6-11-24/h4-6,10-11,23,25-30,34H,7-9,12-22,43,45H2,1-3H3,(H2,44,56)(H,49,60)(H,50,57)(H,51,63)(H,52,64)(H,53,65)(H,54,62)(H,55,61)(H,58,59)(H,66,67)(H4,46,47,48)/t25-,26-,27-,28-,29-,30-,34-/m0/s1. The molecule has 380 valence electrons. The van der Waals surface area contributed by atoms with Gasteiger partial charge in [-0.25, -0.2) is 4.79 Å². The van der Waals surface area contributed by atoms with Crippen LogP contribution in [0.15, 0.2) is 35.3 Å². The Morgan fingerprint density at radius 2 is 1.18 bits per heavy atom. The maximum Gasteiger partial charge on any atom is 0.326 e. The van der Waals surface area contributed by atoms with Crippen LogP contribution in [0.25, 0.3) is 0 Å². The third kappa shape index (κ3) is 24.3. The minimum absolute atomic E-state index is 0.0265. The third-order valence-corrected chi connectivity index (χ3v) is 10.6. The van der Waals surface area contributed by atoms with Crippen molar-refractivity contribution in [1.29, 1.82) is 0 Å². The van der Waals surface area contributed by atoms with Crippen LogP contribution in [0.2, 0.25) is 0 Å². The number of aliphatic carboxylic acids is 2. The fraction of sp³-hybridized carbons (Fsp3) is 0.595. The molecule has 0 saturated carbocycles. The molecule has 1 rings (SSSR count). The maximum atomic E-state index is 13.9. The van der Waals surface area contributed by atoms with Crippen molar-refractivity contribution in [2.45, 2.75) is 120 Å². The highest BCUT2D eigenvalue weighted by Gasteiger charge is 2.34. The second-order valence-corrected chi connectivity index (χ2v) is 17.1. The summed E-state index contributed by atoms with van der Waals surface area (Å²) in [5.41, 5.74) is 28.1. The number of nitrogens with zero attached hydrogens (tertiary/aromatic N) is 1. The van der Waals surface area contributed by atoms with Crippen molar-refractivity contribution in [3.63, 3.8) is 0 Å². The SMILES string of the molecule is CSCC[C@H](NC(=O)[C@H](CC(=O)O)NC(=O)[C@H](CCCCN)NC(=O)[C@@H](N)c1ccccc1)C(=O)N[C@@H](CCC(N)=O)C(=O)N[C@@H](CC(C)C)C(=O)NCC(=O)N[C@@H](CCCN=C(N)N)C(=O)O. The second-order valence-electron chi connectivity index (χ2n) is 16.1. The van der Waals surface area contributed by atoms with Gasteiger partial charge in [-0.3, -0.25) is 48.1 Å². The fourth-order valence-electron chi connectivity index (χ4n) is 6.37. The van der Waals surface area contributed by atoms with Gasteiger partial charge in [-0.1, -0.05) is 44.2 Å². The Hall–Kier alpha value is -6.54. The molecule has 7 atom stereocenters. The molecule has 26 heteroatoms. The average Bonchev–Trinajstić information content (AvgIpc) is 3.27. The number of nitrogens with two attached hydrogens (primary N) is 5. The van der Waals surface area contributed by atoms with Crippen LogP contribution >= 0.6 is 11.8 Å². The van der Waals surface area contributed by atoms with E-state index < -0.39 is 121 Å². The molecule has 0 aliphatic heterocycles. The zero-order valence-corrected chi connectivity index (χ0v) is 39.4. The number of carboxylic acids is 2. The summed E-state index contributed by atoms with van der Waals surface area (Å²) in [6, 6.07) is -1.47. The van der Waals surface area contributed by atoms with Gasteiger partial charge < -0.3 is 76.1 Å². The summed E-state index contributed by atoms with van der Waals surface area (Å²) < 4.78 is 0. The van der Waals surface area contributed by atoms with Crippen LogP contribution in [0.1, 0.15) is 89.7 Å². The molecule has 19 N–H and O–H groups in total. The van der Waals surface area contributed by atoms with Crippen molar-refractivity contribution in [3.05, 3.63) is 35.9 Å². The van der Waals surface area contributed by atoms with E-state index >= 15 is 0 Å². The number of carbonyl (C=O) groups excluding carboxylic acids is 8. The van der Waals surface area contributed by atoms with Gasteiger partial charge in [-0.05, 0) is 81.4 Å². The molecular weight excluding hydrogens is 911 g/mol. The molecule has 0 saturated heterocycles. The Labute approximate surface area is 398 Å². The summed E-state index contributed by atoms with van der Waals surface area (Å²) in [5.74, 6) is -10.1. The first kappa shape index (κ1) is 59.5. The van der Waals surface area contributed by atoms with E-state index in [2.05, 4.69) is 42.2 Å². The lowest BCUT2D eigenvalue weighted by molar-refractivity contribution is -0.142. The number of aliphatic imine (C=N–C) groups is 1. The summed E-state index contributed by atoms with van der Waals surface area (Å²) >= 11 is 1.29. The van der Waals surface area contributed by atoms with E-state index in [1.165, 1.54) is 11.8 Å². The molecule has 25 nitrogen and oxygen atoms in total. The quantitative estimate of drug-likeness (QED) is 0.0181. The lowest BCUT2D eigenvalue weighted by atomic mass is 10.0. The van der Waals surface area contributed by atoms with Gasteiger partial charge >= 0.3 is 11.9 Å². The molecule has 0 aromatic heterocycles. The molecule has 68 heavy (non-hydrogen) atoms. The van der Waals surface area contributed by atoms with Crippen LogP contribution in [-0.4, -0.2) is 143 Å². The van der Waals surface area contributed by atoms with E-state index in [0.717, 1.165) is 0 Å². The summed E-state index contributed by atoms with van der Waals surface area (Å²) in [6.45, 7) is 3.20. The van der Waals surface area contributed by atoms with Gasteiger partial charge in [0.05, 0.1) is 13.0 Å². The van der Waals surface area contributed by atoms with Crippen molar-refractivity contribution in [2.24, 2.45) is 39.6 Å². The highest BCUT2D eigenvalue weighted by molar-refractivity contribution is 7.98. The molecule has 0 spiro atoms. The normalized spacial score (nSPS) is 14.0. The molecule has 0 unspecified atom stereocenters. The molecule has 8 amide bonds. The van der Waals surface area contributed by atoms with E-state index in [1.807, 2.05) is 0 Å². The van der Waals surface area contributed by atoms with Crippen LogP contribution in [0.3, 0.4) is 0 Å². The number of primary amides is 1. The Balaban J connectivity index is 3.28. The smallest absolute Gasteiger partial charge is 0.326 e. The van der Waals surface area contributed by atoms with Crippen LogP contribution in [0, 0.1) is 5.92 Å². The number of carbonyl (C=O) groups is 10. The van der Waals surface area contributed by atoms with E-state index in [-0.39, 0.29) is 69.2 Å². The van der Waals surface area contributed by atoms with Gasteiger partial charge in [-0.2, -0.15) is 11.8 Å². The topological polar surface area (TPSA) is 438 Å². The number of hydrogen-bond acceptors (Lipinski definition) is 14. The maximum absolute atomic E-state index is 13.9. The van der Waals surface area contributed by atoms with Crippen LogP contribution < -0.4 is 65.9 Å². The summed E-state index contributed by atoms with van der Waals surface area (Å²) in [7, 11) is 0. The number of rotatable bonds is 34. The lowest BCUT2D eigenvalue weighted by Gasteiger charge is -2.27. The average molecular weight is 980 g/mol. The Morgan fingerprint density at radius 3 is 1.71 bits per heavy atom. The number of unbranched alkanes of at least 4 members (excludes halogenated alkanes) is 1. The molecule has 0 bridgehead atoms. The Bertz CT molecular complexity index is 1890. The van der Waals surface area contributed by atoms with Gasteiger partial charge in [0.15, 0.2) is 5.96 Å². The van der Waals surface area contributed by atoms with E-state index in [0.29, 0.717) is 18.4 Å². The molecule has 0 radical (unpaired) electrons. The first-order valence-electron chi connectivity index (χ1n) is 22.0. The zero-order valence-electron chi connectivity index (χ0n) is 38.6. The molecule has 0 heterocycles. The number of amides is 8. The van der Waals surface area contributed by atoms with Gasteiger partial charge in [-0.15, -0.1) is 0 Å². The van der Waals surface area contributed by atoms with Crippen LogP contribution in [0.4, 0.5) is 0 Å². The van der Waals surface area contributed by atoms with E-state index in [4.69, 9.17) is 28.7 Å². The molecule has 0 aliphatic carbocycles. The van der Waals surface area contributed by atoms with Gasteiger partial charge in [0, 0.05) is 13.0 Å². The highest BCUT2D eigenvalue weighted by atomic mass is 32.2. The molecule has 0 aliphatic rings. The first-order valence-corrected chi connectivity index (χ1v) is 23.4. The van der Waals surface area contributed by atoms with E-state index in [1.54, 1.807) is 50.4 Å². The predicted octanol–water partition coefficient (Wildman–Crippen LogP) is -3.48. The summed E-state index contributed by atoms with van der Waals surface area (Å²) in [5, 5.41) is 36.3. The highest BCUT2D eigenvalue weighted by Crippen LogP contribution is 2.13. The summed E-state index contributed by atoms with van der Waals surface area (Å²) in [4.78, 5) is 134. The summed E-state index contributed by atoms with van der Waals surface area (Å²) in [6.07, 6.45) is 1.04. The number of benzene rings is 1. The largest absolute Gasteiger partial charge is 0.481 e. The van der Waals surface area contributed by atoms with E-state index in [9.17, 15) is 58.2 Å². The van der Waals surface area contributed by atoms with Gasteiger partial charge in [0.25, 0.3) is 0 Å². The molecular formula is C42H69N13O12S. The third-order valence-electron chi connectivity index (χ3n) is 9.93. The predicted molar refractivity (Wildman–Crippen MR) is 252 cm³/mol. The van der Waals surface area contributed by atoms with Crippen molar-refractivity contribution in [2.75, 3.05) is 31.6 Å². The number of hydrogen-bond donors (Lipinski definition) is 14. The number of thioether (sulfide) groups is 1. The minimum atomic E-state index is -1.77.